The molecule has 1 N–H and O–H groups in total. The van der Waals surface area contributed by atoms with Crippen LogP contribution in [0.4, 0.5) is 0 Å². The van der Waals surface area contributed by atoms with Gasteiger partial charge in [0.2, 0.25) is 0 Å². The first-order valence-electron chi connectivity index (χ1n) is 6.04. The van der Waals surface area contributed by atoms with Gasteiger partial charge in [0.15, 0.2) is 0 Å². The fraction of sp³-hybridized carbons (Fsp3) is 0.571. The second-order valence-corrected chi connectivity index (χ2v) is 4.27. The molecule has 1 aromatic carbocycles. The molecule has 0 saturated heterocycles. The molecule has 0 bridgehead atoms. The Kier molecular flexibility index (Phi) is 5.95. The number of likely N-dealkylation sites (N-methyl/N-ethyl adjacent to an activating group) is 1. The van der Waals surface area contributed by atoms with Gasteiger partial charge in [0, 0.05) is 31.2 Å². The molecule has 0 radical (unpaired) electrons. The smallest absolute Gasteiger partial charge is 0.126 e. The van der Waals surface area contributed by atoms with Crippen LogP contribution >= 0.6 is 0 Å². The standard InChI is InChI=1S/C14H23NO3/c1-10-6-12(17-4)7-13(18-5)14(10)11(8-15-2)9-16-3/h6-7,11,15H,8-9H2,1-5H3. The van der Waals surface area contributed by atoms with E-state index in [1.807, 2.05) is 19.2 Å². The highest BCUT2D eigenvalue weighted by Gasteiger charge is 2.19. The van der Waals surface area contributed by atoms with Gasteiger partial charge in [0.05, 0.1) is 20.8 Å². The van der Waals surface area contributed by atoms with Crippen LogP contribution in [0.25, 0.3) is 0 Å². The first kappa shape index (κ1) is 14.8. The predicted octanol–water partition coefficient (Wildman–Crippen LogP) is 1.96. The highest BCUT2D eigenvalue weighted by molar-refractivity contribution is 5.48. The number of aryl methyl sites for hydroxylation is 1. The van der Waals surface area contributed by atoms with E-state index in [1.165, 1.54) is 5.56 Å². The molecule has 18 heavy (non-hydrogen) atoms. The average molecular weight is 253 g/mol. The van der Waals surface area contributed by atoms with Crippen LogP contribution in [0, 0.1) is 6.92 Å². The minimum atomic E-state index is 0.265. The van der Waals surface area contributed by atoms with Crippen LogP contribution in [0.15, 0.2) is 12.1 Å². The molecule has 0 saturated carbocycles. The molecule has 102 valence electrons. The summed E-state index contributed by atoms with van der Waals surface area (Å²) in [5.41, 5.74) is 2.33. The van der Waals surface area contributed by atoms with E-state index in [2.05, 4.69) is 12.2 Å². The number of nitrogens with one attached hydrogen (secondary N) is 1. The van der Waals surface area contributed by atoms with Gasteiger partial charge in [0.1, 0.15) is 11.5 Å². The van der Waals surface area contributed by atoms with Gasteiger partial charge >= 0.3 is 0 Å². The van der Waals surface area contributed by atoms with E-state index < -0.39 is 0 Å². The summed E-state index contributed by atoms with van der Waals surface area (Å²) in [4.78, 5) is 0. The Morgan fingerprint density at radius 1 is 1.17 bits per heavy atom. The summed E-state index contributed by atoms with van der Waals surface area (Å²) in [5, 5.41) is 3.19. The van der Waals surface area contributed by atoms with Crippen LogP contribution in [-0.2, 0) is 4.74 Å². The van der Waals surface area contributed by atoms with Gasteiger partial charge in [-0.25, -0.2) is 0 Å². The lowest BCUT2D eigenvalue weighted by Gasteiger charge is -2.22. The molecule has 0 aromatic heterocycles. The number of ether oxygens (including phenoxy) is 3. The maximum absolute atomic E-state index is 5.48. The third kappa shape index (κ3) is 3.37. The molecule has 1 atom stereocenters. The van der Waals surface area contributed by atoms with E-state index in [0.29, 0.717) is 6.61 Å². The largest absolute Gasteiger partial charge is 0.497 e. The van der Waals surface area contributed by atoms with Gasteiger partial charge in [-0.3, -0.25) is 0 Å². The molecule has 0 aliphatic carbocycles. The summed E-state index contributed by atoms with van der Waals surface area (Å²) in [6, 6.07) is 3.94. The van der Waals surface area contributed by atoms with Crippen molar-refractivity contribution in [3.05, 3.63) is 23.3 Å². The number of methoxy groups -OCH3 is 3. The van der Waals surface area contributed by atoms with Gasteiger partial charge in [0.25, 0.3) is 0 Å². The normalized spacial score (nSPS) is 12.3. The quantitative estimate of drug-likeness (QED) is 0.806. The van der Waals surface area contributed by atoms with Gasteiger partial charge < -0.3 is 19.5 Å². The topological polar surface area (TPSA) is 39.7 Å². The Morgan fingerprint density at radius 2 is 1.89 bits per heavy atom. The van der Waals surface area contributed by atoms with E-state index in [9.17, 15) is 0 Å². The summed E-state index contributed by atoms with van der Waals surface area (Å²) in [5.74, 6) is 1.93. The van der Waals surface area contributed by atoms with Gasteiger partial charge in [-0.2, -0.15) is 0 Å². The molecule has 0 heterocycles. The van der Waals surface area contributed by atoms with Crippen molar-refractivity contribution in [2.45, 2.75) is 12.8 Å². The van der Waals surface area contributed by atoms with Crippen molar-refractivity contribution in [2.24, 2.45) is 0 Å². The van der Waals surface area contributed by atoms with Crippen molar-refractivity contribution >= 4 is 0 Å². The molecule has 0 fully saturated rings. The van der Waals surface area contributed by atoms with E-state index in [-0.39, 0.29) is 5.92 Å². The molecule has 4 nitrogen and oxygen atoms in total. The van der Waals surface area contributed by atoms with Gasteiger partial charge in [-0.05, 0) is 25.6 Å². The predicted molar refractivity (Wildman–Crippen MR) is 72.8 cm³/mol. The third-order valence-electron chi connectivity index (χ3n) is 3.00. The minimum absolute atomic E-state index is 0.265. The van der Waals surface area contributed by atoms with Crippen molar-refractivity contribution in [3.8, 4) is 11.5 Å². The highest BCUT2D eigenvalue weighted by Crippen LogP contribution is 2.34. The van der Waals surface area contributed by atoms with Crippen molar-refractivity contribution < 1.29 is 14.2 Å². The Bertz CT molecular complexity index is 374. The van der Waals surface area contributed by atoms with E-state index in [1.54, 1.807) is 21.3 Å². The van der Waals surface area contributed by atoms with E-state index in [4.69, 9.17) is 14.2 Å². The van der Waals surface area contributed by atoms with Crippen molar-refractivity contribution in [1.29, 1.82) is 0 Å². The molecule has 0 spiro atoms. The molecule has 1 unspecified atom stereocenters. The number of rotatable bonds is 7. The van der Waals surface area contributed by atoms with Crippen LogP contribution in [-0.4, -0.2) is 41.5 Å². The van der Waals surface area contributed by atoms with Crippen LogP contribution in [0.2, 0.25) is 0 Å². The Labute approximate surface area is 109 Å². The maximum Gasteiger partial charge on any atom is 0.126 e. The molecule has 4 heteroatoms. The monoisotopic (exact) mass is 253 g/mol. The number of hydrogen-bond donors (Lipinski definition) is 1. The lowest BCUT2D eigenvalue weighted by Crippen LogP contribution is -2.22. The molecule has 1 aromatic rings. The molecule has 0 amide bonds. The summed E-state index contributed by atoms with van der Waals surface area (Å²) < 4.78 is 16.0. The zero-order valence-corrected chi connectivity index (χ0v) is 11.9. The lowest BCUT2D eigenvalue weighted by molar-refractivity contribution is 0.177. The summed E-state index contributed by atoms with van der Waals surface area (Å²) >= 11 is 0. The van der Waals surface area contributed by atoms with Crippen LogP contribution in [0.1, 0.15) is 17.0 Å². The Hall–Kier alpha value is -1.26. The Balaban J connectivity index is 3.18. The van der Waals surface area contributed by atoms with Crippen molar-refractivity contribution in [2.75, 3.05) is 41.5 Å². The summed E-state index contributed by atoms with van der Waals surface area (Å²) in [6.07, 6.45) is 0. The molecular weight excluding hydrogens is 230 g/mol. The Morgan fingerprint density at radius 3 is 2.39 bits per heavy atom. The highest BCUT2D eigenvalue weighted by atomic mass is 16.5. The molecule has 0 aliphatic heterocycles. The van der Waals surface area contributed by atoms with Crippen molar-refractivity contribution in [3.63, 3.8) is 0 Å². The second kappa shape index (κ2) is 7.24. The second-order valence-electron chi connectivity index (χ2n) is 4.27. The summed E-state index contributed by atoms with van der Waals surface area (Å²) in [6.45, 7) is 3.57. The number of benzene rings is 1. The van der Waals surface area contributed by atoms with Crippen LogP contribution in [0.5, 0.6) is 11.5 Å². The molecular formula is C14H23NO3. The minimum Gasteiger partial charge on any atom is -0.497 e. The van der Waals surface area contributed by atoms with Gasteiger partial charge in [-0.15, -0.1) is 0 Å². The number of hydrogen-bond acceptors (Lipinski definition) is 4. The van der Waals surface area contributed by atoms with E-state index >= 15 is 0 Å². The fourth-order valence-electron chi connectivity index (χ4n) is 2.24. The first-order chi connectivity index (χ1) is 8.67. The molecule has 1 rings (SSSR count). The third-order valence-corrected chi connectivity index (χ3v) is 3.00. The van der Waals surface area contributed by atoms with Crippen LogP contribution in [0.3, 0.4) is 0 Å². The summed E-state index contributed by atoms with van der Waals surface area (Å²) in [7, 11) is 7.00. The lowest BCUT2D eigenvalue weighted by atomic mass is 9.94. The maximum atomic E-state index is 5.48. The van der Waals surface area contributed by atoms with E-state index in [0.717, 1.165) is 23.6 Å². The molecule has 0 aliphatic rings. The zero-order chi connectivity index (χ0) is 13.5. The first-order valence-corrected chi connectivity index (χ1v) is 6.04. The SMILES string of the molecule is CNCC(COC)c1c(C)cc(OC)cc1OC. The zero-order valence-electron chi connectivity index (χ0n) is 11.9. The van der Waals surface area contributed by atoms with Crippen molar-refractivity contribution in [1.82, 2.24) is 5.32 Å². The van der Waals surface area contributed by atoms with Crippen LogP contribution < -0.4 is 14.8 Å². The fourth-order valence-corrected chi connectivity index (χ4v) is 2.24. The van der Waals surface area contributed by atoms with Gasteiger partial charge in [-0.1, -0.05) is 0 Å². The average Bonchev–Trinajstić information content (AvgIpc) is 2.37.